The Bertz CT molecular complexity index is 1160. The zero-order chi connectivity index (χ0) is 21.9. The Morgan fingerprint density at radius 3 is 2.57 bits per heavy atom. The number of anilines is 1. The number of hydrogen-bond acceptors (Lipinski definition) is 6. The number of ether oxygens (including phenoxy) is 2. The molecule has 0 spiro atoms. The molecule has 0 bridgehead atoms. The third kappa shape index (κ3) is 5.22. The van der Waals surface area contributed by atoms with Crippen LogP contribution >= 0.6 is 0 Å². The van der Waals surface area contributed by atoms with Crippen molar-refractivity contribution in [2.45, 2.75) is 39.9 Å². The molecular formula is C22H23N3O5. The number of esters is 1. The van der Waals surface area contributed by atoms with Crippen LogP contribution in [0.1, 0.15) is 42.5 Å². The molecule has 0 atom stereocenters. The highest BCUT2D eigenvalue weighted by atomic mass is 16.6. The van der Waals surface area contributed by atoms with Crippen molar-refractivity contribution in [3.8, 4) is 0 Å². The van der Waals surface area contributed by atoms with E-state index in [2.05, 4.69) is 10.3 Å². The molecule has 0 aliphatic carbocycles. The topological polar surface area (TPSA) is 99.0 Å². The molecule has 8 nitrogen and oxygen atoms in total. The molecule has 156 valence electrons. The molecule has 3 rings (SSSR count). The fourth-order valence-electron chi connectivity index (χ4n) is 2.81. The maximum Gasteiger partial charge on any atom is 0.412 e. The largest absolute Gasteiger partial charge is 0.456 e. The van der Waals surface area contributed by atoms with E-state index in [0.717, 1.165) is 5.69 Å². The molecule has 0 unspecified atom stereocenters. The number of fused-ring (bicyclic) bond motifs is 1. The van der Waals surface area contributed by atoms with E-state index in [1.165, 1.54) is 16.5 Å². The fourth-order valence-corrected chi connectivity index (χ4v) is 2.81. The number of benzene rings is 1. The molecule has 1 aromatic carbocycles. The zero-order valence-corrected chi connectivity index (χ0v) is 17.3. The van der Waals surface area contributed by atoms with Gasteiger partial charge in [0, 0.05) is 17.4 Å². The van der Waals surface area contributed by atoms with Crippen LogP contribution in [0.15, 0.2) is 53.3 Å². The first kappa shape index (κ1) is 21.0. The number of carbonyl (C=O) groups excluding carboxylic acids is 2. The Hall–Kier alpha value is -3.68. The highest BCUT2D eigenvalue weighted by Gasteiger charge is 2.17. The Balaban J connectivity index is 1.69. The molecule has 1 amide bonds. The second kappa shape index (κ2) is 8.36. The molecule has 3 aromatic rings. The molecule has 0 aliphatic heterocycles. The van der Waals surface area contributed by atoms with Gasteiger partial charge in [0.15, 0.2) is 0 Å². The second-order valence-electron chi connectivity index (χ2n) is 7.73. The average molecular weight is 409 g/mol. The summed E-state index contributed by atoms with van der Waals surface area (Å²) in [6.45, 7) is 6.94. The van der Waals surface area contributed by atoms with Crippen LogP contribution in [0, 0.1) is 6.92 Å². The number of carbonyl (C=O) groups is 2. The van der Waals surface area contributed by atoms with Gasteiger partial charge in [0.05, 0.1) is 11.3 Å². The minimum absolute atomic E-state index is 0.151. The van der Waals surface area contributed by atoms with Gasteiger partial charge in [-0.2, -0.15) is 0 Å². The van der Waals surface area contributed by atoms with Crippen molar-refractivity contribution < 1.29 is 19.1 Å². The summed E-state index contributed by atoms with van der Waals surface area (Å²) >= 11 is 0. The van der Waals surface area contributed by atoms with Gasteiger partial charge in [-0.15, -0.1) is 0 Å². The Morgan fingerprint density at radius 2 is 1.83 bits per heavy atom. The first-order valence-corrected chi connectivity index (χ1v) is 9.38. The van der Waals surface area contributed by atoms with Crippen LogP contribution in [-0.4, -0.2) is 27.0 Å². The van der Waals surface area contributed by atoms with Crippen molar-refractivity contribution in [1.29, 1.82) is 0 Å². The molecule has 2 aromatic heterocycles. The third-order valence-corrected chi connectivity index (χ3v) is 4.03. The van der Waals surface area contributed by atoms with E-state index in [-0.39, 0.29) is 17.7 Å². The van der Waals surface area contributed by atoms with Crippen LogP contribution in [0.3, 0.4) is 0 Å². The normalized spacial score (nSPS) is 11.2. The summed E-state index contributed by atoms with van der Waals surface area (Å²) in [4.78, 5) is 41.0. The summed E-state index contributed by atoms with van der Waals surface area (Å²) in [5.74, 6) is -0.603. The summed E-state index contributed by atoms with van der Waals surface area (Å²) < 4.78 is 12.0. The monoisotopic (exact) mass is 409 g/mol. The van der Waals surface area contributed by atoms with Gasteiger partial charge in [-0.25, -0.2) is 14.6 Å². The highest BCUT2D eigenvalue weighted by Crippen LogP contribution is 2.15. The number of nitrogens with zero attached hydrogens (tertiary/aromatic N) is 2. The lowest BCUT2D eigenvalue weighted by Crippen LogP contribution is -2.27. The molecule has 8 heteroatoms. The van der Waals surface area contributed by atoms with Gasteiger partial charge in [0.1, 0.15) is 17.9 Å². The molecule has 0 fully saturated rings. The Kier molecular flexibility index (Phi) is 5.86. The van der Waals surface area contributed by atoms with Gasteiger partial charge < -0.3 is 9.47 Å². The van der Waals surface area contributed by atoms with E-state index in [1.807, 2.05) is 13.0 Å². The Labute approximate surface area is 173 Å². The molecule has 0 aliphatic rings. The SMILES string of the molecule is Cc1cccc2nc(COC(=O)c3cccc(NC(=O)OC(C)(C)C)c3)cc(=O)n12. The number of hydrogen-bond donors (Lipinski definition) is 1. The van der Waals surface area contributed by atoms with Crippen LogP contribution in [0.25, 0.3) is 5.65 Å². The van der Waals surface area contributed by atoms with E-state index >= 15 is 0 Å². The minimum Gasteiger partial charge on any atom is -0.456 e. The predicted octanol–water partition coefficient (Wildman–Crippen LogP) is 3.71. The van der Waals surface area contributed by atoms with Gasteiger partial charge in [-0.3, -0.25) is 14.5 Å². The lowest BCUT2D eigenvalue weighted by molar-refractivity contribution is 0.0466. The predicted molar refractivity (Wildman–Crippen MR) is 112 cm³/mol. The van der Waals surface area contributed by atoms with Gasteiger partial charge >= 0.3 is 12.1 Å². The van der Waals surface area contributed by atoms with E-state index in [0.29, 0.717) is 17.0 Å². The van der Waals surface area contributed by atoms with Crippen LogP contribution in [0.4, 0.5) is 10.5 Å². The molecular weight excluding hydrogens is 386 g/mol. The summed E-state index contributed by atoms with van der Waals surface area (Å²) in [7, 11) is 0. The van der Waals surface area contributed by atoms with Gasteiger partial charge in [-0.1, -0.05) is 12.1 Å². The summed E-state index contributed by atoms with van der Waals surface area (Å²) in [6.07, 6.45) is -0.621. The standard InChI is InChI=1S/C22H23N3O5/c1-14-7-5-10-18-23-17(12-19(26)25(14)18)13-29-20(27)15-8-6-9-16(11-15)24-21(28)30-22(2,3)4/h5-12H,13H2,1-4H3,(H,24,28). The van der Waals surface area contributed by atoms with Crippen molar-refractivity contribution >= 4 is 23.4 Å². The van der Waals surface area contributed by atoms with Crippen molar-refractivity contribution in [3.63, 3.8) is 0 Å². The minimum atomic E-state index is -0.634. The molecule has 0 saturated carbocycles. The van der Waals surface area contributed by atoms with Gasteiger partial charge in [-0.05, 0) is 58.0 Å². The molecule has 0 saturated heterocycles. The zero-order valence-electron chi connectivity index (χ0n) is 17.3. The maximum atomic E-state index is 12.4. The number of rotatable bonds is 4. The number of nitrogens with one attached hydrogen (secondary N) is 1. The number of amides is 1. The lowest BCUT2D eigenvalue weighted by atomic mass is 10.2. The maximum absolute atomic E-state index is 12.4. The molecule has 0 radical (unpaired) electrons. The van der Waals surface area contributed by atoms with Crippen molar-refractivity contribution in [1.82, 2.24) is 9.38 Å². The summed E-state index contributed by atoms with van der Waals surface area (Å²) in [5, 5.41) is 2.58. The summed E-state index contributed by atoms with van der Waals surface area (Å²) in [5.41, 5.74) is 1.37. The lowest BCUT2D eigenvalue weighted by Gasteiger charge is -2.19. The van der Waals surface area contributed by atoms with Crippen molar-refractivity contribution in [2.75, 3.05) is 5.32 Å². The van der Waals surface area contributed by atoms with E-state index in [9.17, 15) is 14.4 Å². The van der Waals surface area contributed by atoms with Gasteiger partial charge in [0.25, 0.3) is 5.56 Å². The van der Waals surface area contributed by atoms with E-state index in [1.54, 1.807) is 51.1 Å². The third-order valence-electron chi connectivity index (χ3n) is 4.03. The second-order valence-corrected chi connectivity index (χ2v) is 7.73. The number of pyridine rings is 1. The quantitative estimate of drug-likeness (QED) is 0.660. The fraction of sp³-hybridized carbons (Fsp3) is 0.273. The van der Waals surface area contributed by atoms with E-state index in [4.69, 9.17) is 9.47 Å². The smallest absolute Gasteiger partial charge is 0.412 e. The number of aromatic nitrogens is 2. The number of aryl methyl sites for hydroxylation is 1. The van der Waals surface area contributed by atoms with Crippen LogP contribution in [0.5, 0.6) is 0 Å². The average Bonchev–Trinajstić information content (AvgIpc) is 2.64. The molecule has 2 heterocycles. The van der Waals surface area contributed by atoms with Crippen LogP contribution < -0.4 is 10.9 Å². The van der Waals surface area contributed by atoms with Crippen molar-refractivity contribution in [2.24, 2.45) is 0 Å². The van der Waals surface area contributed by atoms with Gasteiger partial charge in [0.2, 0.25) is 0 Å². The van der Waals surface area contributed by atoms with E-state index < -0.39 is 17.7 Å². The van der Waals surface area contributed by atoms with Crippen LogP contribution in [0.2, 0.25) is 0 Å². The Morgan fingerprint density at radius 1 is 1.10 bits per heavy atom. The summed E-state index contributed by atoms with van der Waals surface area (Å²) in [6, 6.07) is 13.0. The highest BCUT2D eigenvalue weighted by molar-refractivity contribution is 5.92. The molecule has 30 heavy (non-hydrogen) atoms. The first-order chi connectivity index (χ1) is 14.1. The molecule has 1 N–H and O–H groups in total. The van der Waals surface area contributed by atoms with Crippen molar-refractivity contribution in [3.05, 3.63) is 75.8 Å². The van der Waals surface area contributed by atoms with Crippen LogP contribution in [-0.2, 0) is 16.1 Å². The first-order valence-electron chi connectivity index (χ1n) is 9.38.